The zero-order chi connectivity index (χ0) is 16.2. The van der Waals surface area contributed by atoms with Crippen molar-refractivity contribution in [2.75, 3.05) is 21.3 Å². The van der Waals surface area contributed by atoms with Crippen molar-refractivity contribution in [3.63, 3.8) is 0 Å². The predicted octanol–water partition coefficient (Wildman–Crippen LogP) is 3.94. The van der Waals surface area contributed by atoms with E-state index >= 15 is 0 Å². The molecule has 5 heteroatoms. The van der Waals surface area contributed by atoms with Gasteiger partial charge in [0.05, 0.1) is 27.0 Å². The SMILES string of the molecule is COc1cc(N=Cc2cccc3[nH]ccc23)cc(OC)c1OC. The summed E-state index contributed by atoms with van der Waals surface area (Å²) in [6.45, 7) is 0. The Hall–Kier alpha value is -2.95. The first-order chi connectivity index (χ1) is 11.3. The standard InChI is InChI=1S/C18H18N2O3/c1-21-16-9-13(10-17(22-2)18(16)23-3)20-11-12-5-4-6-15-14(12)7-8-19-15/h4-11,19H,1-3H3. The highest BCUT2D eigenvalue weighted by Gasteiger charge is 2.12. The molecule has 0 aliphatic carbocycles. The van der Waals surface area contributed by atoms with Crippen molar-refractivity contribution in [1.82, 2.24) is 4.98 Å². The van der Waals surface area contributed by atoms with Crippen LogP contribution in [0.5, 0.6) is 17.2 Å². The van der Waals surface area contributed by atoms with E-state index in [9.17, 15) is 0 Å². The van der Waals surface area contributed by atoms with Crippen LogP contribution in [0.2, 0.25) is 0 Å². The molecule has 0 spiro atoms. The topological polar surface area (TPSA) is 55.8 Å². The molecule has 0 atom stereocenters. The van der Waals surface area contributed by atoms with Crippen molar-refractivity contribution in [2.24, 2.45) is 4.99 Å². The summed E-state index contributed by atoms with van der Waals surface area (Å²) in [5.74, 6) is 1.72. The largest absolute Gasteiger partial charge is 0.493 e. The van der Waals surface area contributed by atoms with Gasteiger partial charge in [0.2, 0.25) is 5.75 Å². The summed E-state index contributed by atoms with van der Waals surface area (Å²) < 4.78 is 16.0. The Morgan fingerprint density at radius 3 is 2.35 bits per heavy atom. The van der Waals surface area contributed by atoms with Crippen LogP contribution < -0.4 is 14.2 Å². The molecule has 3 rings (SSSR count). The molecule has 0 amide bonds. The fraction of sp³-hybridized carbons (Fsp3) is 0.167. The number of benzene rings is 2. The second kappa shape index (κ2) is 6.44. The van der Waals surface area contributed by atoms with Crippen molar-refractivity contribution in [1.29, 1.82) is 0 Å². The number of hydrogen-bond donors (Lipinski definition) is 1. The van der Waals surface area contributed by atoms with Crippen LogP contribution >= 0.6 is 0 Å². The highest BCUT2D eigenvalue weighted by molar-refractivity contribution is 5.99. The van der Waals surface area contributed by atoms with E-state index in [4.69, 9.17) is 14.2 Å². The van der Waals surface area contributed by atoms with Crippen LogP contribution in [0.25, 0.3) is 10.9 Å². The third-order valence-corrected chi connectivity index (χ3v) is 3.63. The van der Waals surface area contributed by atoms with Crippen molar-refractivity contribution in [3.05, 3.63) is 48.2 Å². The predicted molar refractivity (Wildman–Crippen MR) is 91.7 cm³/mol. The second-order valence-corrected chi connectivity index (χ2v) is 4.93. The number of nitrogens with zero attached hydrogens (tertiary/aromatic N) is 1. The van der Waals surface area contributed by atoms with Gasteiger partial charge in [0, 0.05) is 41.0 Å². The van der Waals surface area contributed by atoms with Gasteiger partial charge in [-0.2, -0.15) is 0 Å². The van der Waals surface area contributed by atoms with Crippen LogP contribution in [-0.4, -0.2) is 32.5 Å². The molecule has 118 valence electrons. The molecule has 0 aliphatic rings. The quantitative estimate of drug-likeness (QED) is 0.726. The van der Waals surface area contributed by atoms with Crippen LogP contribution in [0, 0.1) is 0 Å². The zero-order valence-corrected chi connectivity index (χ0v) is 13.3. The van der Waals surface area contributed by atoms with Crippen LogP contribution in [0.1, 0.15) is 5.56 Å². The summed E-state index contributed by atoms with van der Waals surface area (Å²) in [5.41, 5.74) is 2.85. The molecule has 2 aromatic carbocycles. The Kier molecular flexibility index (Phi) is 4.19. The maximum absolute atomic E-state index is 5.35. The number of ether oxygens (including phenoxy) is 3. The molecule has 0 unspecified atom stereocenters. The number of H-pyrrole nitrogens is 1. The van der Waals surface area contributed by atoms with Gasteiger partial charge in [0.15, 0.2) is 11.5 Å². The first-order valence-electron chi connectivity index (χ1n) is 7.17. The Bertz CT molecular complexity index is 827. The van der Waals surface area contributed by atoms with E-state index in [2.05, 4.69) is 9.98 Å². The minimum Gasteiger partial charge on any atom is -0.493 e. The van der Waals surface area contributed by atoms with Crippen molar-refractivity contribution >= 4 is 22.8 Å². The highest BCUT2D eigenvalue weighted by Crippen LogP contribution is 2.40. The minimum absolute atomic E-state index is 0.557. The lowest BCUT2D eigenvalue weighted by Gasteiger charge is -2.12. The molecular weight excluding hydrogens is 292 g/mol. The van der Waals surface area contributed by atoms with E-state index in [1.807, 2.05) is 48.8 Å². The number of methoxy groups -OCH3 is 3. The molecule has 23 heavy (non-hydrogen) atoms. The number of rotatable bonds is 5. The van der Waals surface area contributed by atoms with Gasteiger partial charge >= 0.3 is 0 Å². The second-order valence-electron chi connectivity index (χ2n) is 4.93. The van der Waals surface area contributed by atoms with Crippen LogP contribution in [0.15, 0.2) is 47.6 Å². The first kappa shape index (κ1) is 15.0. The van der Waals surface area contributed by atoms with Crippen LogP contribution in [0.3, 0.4) is 0 Å². The fourth-order valence-electron chi connectivity index (χ4n) is 2.51. The average molecular weight is 310 g/mol. The third-order valence-electron chi connectivity index (χ3n) is 3.63. The van der Waals surface area contributed by atoms with Gasteiger partial charge in [-0.25, -0.2) is 0 Å². The van der Waals surface area contributed by atoms with Crippen molar-refractivity contribution < 1.29 is 14.2 Å². The maximum Gasteiger partial charge on any atom is 0.203 e. The molecule has 1 N–H and O–H groups in total. The molecule has 0 bridgehead atoms. The molecule has 0 radical (unpaired) electrons. The van der Waals surface area contributed by atoms with Gasteiger partial charge in [0.1, 0.15) is 0 Å². The van der Waals surface area contributed by atoms with Gasteiger partial charge in [-0.1, -0.05) is 12.1 Å². The number of aromatic nitrogens is 1. The molecule has 3 aromatic rings. The molecule has 5 nitrogen and oxygen atoms in total. The van der Waals surface area contributed by atoms with Gasteiger partial charge in [0.25, 0.3) is 0 Å². The van der Waals surface area contributed by atoms with E-state index in [0.717, 1.165) is 22.2 Å². The average Bonchev–Trinajstić information content (AvgIpc) is 3.08. The summed E-state index contributed by atoms with van der Waals surface area (Å²) in [6.07, 6.45) is 3.75. The lowest BCUT2D eigenvalue weighted by molar-refractivity contribution is 0.324. The Morgan fingerprint density at radius 1 is 0.957 bits per heavy atom. The van der Waals surface area contributed by atoms with Crippen molar-refractivity contribution in [3.8, 4) is 17.2 Å². The summed E-state index contributed by atoms with van der Waals surface area (Å²) in [6, 6.07) is 11.7. The minimum atomic E-state index is 0.557. The zero-order valence-electron chi connectivity index (χ0n) is 13.3. The van der Waals surface area contributed by atoms with Crippen LogP contribution in [0.4, 0.5) is 5.69 Å². The Morgan fingerprint density at radius 2 is 1.70 bits per heavy atom. The van der Waals surface area contributed by atoms with Gasteiger partial charge in [-0.05, 0) is 12.1 Å². The molecule has 0 saturated heterocycles. The van der Waals surface area contributed by atoms with Gasteiger partial charge < -0.3 is 19.2 Å². The number of hydrogen-bond acceptors (Lipinski definition) is 4. The van der Waals surface area contributed by atoms with E-state index in [0.29, 0.717) is 17.2 Å². The summed E-state index contributed by atoms with van der Waals surface area (Å²) >= 11 is 0. The van der Waals surface area contributed by atoms with E-state index < -0.39 is 0 Å². The number of aliphatic imine (C=N–C) groups is 1. The molecule has 0 fully saturated rings. The number of aromatic amines is 1. The Balaban J connectivity index is 2.00. The van der Waals surface area contributed by atoms with Crippen molar-refractivity contribution in [2.45, 2.75) is 0 Å². The monoisotopic (exact) mass is 310 g/mol. The summed E-state index contributed by atoms with van der Waals surface area (Å²) in [4.78, 5) is 7.74. The molecular formula is C18H18N2O3. The van der Waals surface area contributed by atoms with Gasteiger partial charge in [-0.15, -0.1) is 0 Å². The number of nitrogens with one attached hydrogen (secondary N) is 1. The lowest BCUT2D eigenvalue weighted by atomic mass is 10.1. The molecule has 1 heterocycles. The summed E-state index contributed by atoms with van der Waals surface area (Å²) in [7, 11) is 4.76. The first-order valence-corrected chi connectivity index (χ1v) is 7.17. The Labute approximate surface area is 134 Å². The van der Waals surface area contributed by atoms with Gasteiger partial charge in [-0.3, -0.25) is 4.99 Å². The fourth-order valence-corrected chi connectivity index (χ4v) is 2.51. The molecule has 1 aromatic heterocycles. The maximum atomic E-state index is 5.35. The van der Waals surface area contributed by atoms with E-state index in [1.54, 1.807) is 21.3 Å². The smallest absolute Gasteiger partial charge is 0.203 e. The third kappa shape index (κ3) is 2.85. The van der Waals surface area contributed by atoms with E-state index in [-0.39, 0.29) is 0 Å². The lowest BCUT2D eigenvalue weighted by Crippen LogP contribution is -1.94. The van der Waals surface area contributed by atoms with E-state index in [1.165, 1.54) is 0 Å². The molecule has 0 saturated carbocycles. The van der Waals surface area contributed by atoms with Crippen LogP contribution in [-0.2, 0) is 0 Å². The normalized spacial score (nSPS) is 11.1. The number of fused-ring (bicyclic) bond motifs is 1. The summed E-state index contributed by atoms with van der Waals surface area (Å²) in [5, 5.41) is 1.13. The highest BCUT2D eigenvalue weighted by atomic mass is 16.5. The molecule has 0 aliphatic heterocycles.